The van der Waals surface area contributed by atoms with E-state index in [1.807, 2.05) is 0 Å². The molecule has 9 rings (SSSR count). The van der Waals surface area contributed by atoms with Gasteiger partial charge in [0.2, 0.25) is 0 Å². The van der Waals surface area contributed by atoms with Crippen LogP contribution < -0.4 is 4.90 Å². The van der Waals surface area contributed by atoms with E-state index in [1.165, 1.54) is 27.8 Å². The first-order valence-corrected chi connectivity index (χ1v) is 16.1. The predicted molar refractivity (Wildman–Crippen MR) is 194 cm³/mol. The number of aromatic nitrogens is 2. The fourth-order valence-electron chi connectivity index (χ4n) is 7.20. The molecule has 1 aromatic heterocycles. The number of anilines is 2. The summed E-state index contributed by atoms with van der Waals surface area (Å²) in [6.45, 7) is 6.81. The van der Waals surface area contributed by atoms with Gasteiger partial charge in [0.05, 0.1) is 17.1 Å². The van der Waals surface area contributed by atoms with Gasteiger partial charge in [-0.05, 0) is 70.5 Å². The Labute approximate surface area is 275 Å². The minimum atomic E-state index is 0.711. The van der Waals surface area contributed by atoms with Gasteiger partial charge in [0, 0.05) is 33.6 Å². The summed E-state index contributed by atoms with van der Waals surface area (Å²) in [4.78, 5) is 13.1. The van der Waals surface area contributed by atoms with E-state index in [2.05, 4.69) is 164 Å². The minimum absolute atomic E-state index is 0.711. The maximum Gasteiger partial charge on any atom is 0.160 e. The number of fused-ring (bicyclic) bond motifs is 6. The zero-order chi connectivity index (χ0) is 31.5. The van der Waals surface area contributed by atoms with Crippen LogP contribution in [-0.4, -0.2) is 9.97 Å². The van der Waals surface area contributed by atoms with Crippen molar-refractivity contribution < 1.29 is 0 Å². The first-order chi connectivity index (χ1) is 23.1. The molecule has 0 atom stereocenters. The van der Waals surface area contributed by atoms with Gasteiger partial charge < -0.3 is 4.90 Å². The summed E-state index contributed by atoms with van der Waals surface area (Å²) >= 11 is 0. The van der Waals surface area contributed by atoms with E-state index >= 15 is 0 Å². The summed E-state index contributed by atoms with van der Waals surface area (Å²) in [5, 5.41) is 0. The van der Waals surface area contributed by atoms with E-state index in [4.69, 9.17) is 9.97 Å². The molecule has 47 heavy (non-hydrogen) atoms. The highest BCUT2D eigenvalue weighted by Gasteiger charge is 2.33. The van der Waals surface area contributed by atoms with Crippen LogP contribution in [0.2, 0.25) is 0 Å². The fourth-order valence-corrected chi connectivity index (χ4v) is 7.20. The van der Waals surface area contributed by atoms with Crippen LogP contribution in [0.15, 0.2) is 152 Å². The van der Waals surface area contributed by atoms with Crippen molar-refractivity contribution in [2.75, 3.05) is 4.90 Å². The van der Waals surface area contributed by atoms with Crippen molar-refractivity contribution in [3.05, 3.63) is 174 Å². The number of hydrogen-bond acceptors (Lipinski definition) is 3. The van der Waals surface area contributed by atoms with Gasteiger partial charge in [0.15, 0.2) is 5.82 Å². The lowest BCUT2D eigenvalue weighted by Gasteiger charge is -2.36. The highest BCUT2D eigenvalue weighted by Crippen LogP contribution is 2.51. The smallest absolute Gasteiger partial charge is 0.160 e. The topological polar surface area (TPSA) is 29.0 Å². The molecule has 0 amide bonds. The molecular weight excluding hydrogens is 571 g/mol. The van der Waals surface area contributed by atoms with Gasteiger partial charge in [-0.25, -0.2) is 9.97 Å². The van der Waals surface area contributed by atoms with Gasteiger partial charge in [-0.3, -0.25) is 0 Å². The second-order valence-electron chi connectivity index (χ2n) is 12.4. The monoisotopic (exact) mass is 601 g/mol. The predicted octanol–water partition coefficient (Wildman–Crippen LogP) is 11.1. The van der Waals surface area contributed by atoms with E-state index in [0.29, 0.717) is 5.82 Å². The Morgan fingerprint density at radius 1 is 0.511 bits per heavy atom. The third kappa shape index (κ3) is 4.43. The second kappa shape index (κ2) is 10.8. The zero-order valence-electron chi connectivity index (χ0n) is 26.1. The SMILES string of the molecule is C=C1c2ccccc2-c2nc(-c3ccc4c(c3)-c3ccccc3C4)nc(-c3cccc(-c4ccccc4)c3)c2N1c1ccccc1C. The van der Waals surface area contributed by atoms with E-state index in [0.717, 1.165) is 68.3 Å². The summed E-state index contributed by atoms with van der Waals surface area (Å²) in [7, 11) is 0. The minimum Gasteiger partial charge on any atom is -0.306 e. The van der Waals surface area contributed by atoms with Crippen LogP contribution in [0.3, 0.4) is 0 Å². The van der Waals surface area contributed by atoms with Gasteiger partial charge in [-0.1, -0.05) is 134 Å². The summed E-state index contributed by atoms with van der Waals surface area (Å²) < 4.78 is 0. The number of para-hydroxylation sites is 1. The van der Waals surface area contributed by atoms with Crippen molar-refractivity contribution in [3.63, 3.8) is 0 Å². The molecule has 0 saturated carbocycles. The van der Waals surface area contributed by atoms with Crippen LogP contribution in [0, 0.1) is 6.92 Å². The Kier molecular flexibility index (Phi) is 6.26. The van der Waals surface area contributed by atoms with Gasteiger partial charge >= 0.3 is 0 Å². The van der Waals surface area contributed by atoms with Crippen LogP contribution >= 0.6 is 0 Å². The summed E-state index contributed by atoms with van der Waals surface area (Å²) in [5.41, 5.74) is 17.6. The molecule has 0 bridgehead atoms. The molecule has 3 nitrogen and oxygen atoms in total. The van der Waals surface area contributed by atoms with Crippen molar-refractivity contribution in [2.45, 2.75) is 13.3 Å². The molecule has 222 valence electrons. The van der Waals surface area contributed by atoms with Crippen LogP contribution in [0.4, 0.5) is 11.4 Å². The average Bonchev–Trinajstić information content (AvgIpc) is 3.51. The van der Waals surface area contributed by atoms with E-state index < -0.39 is 0 Å². The summed E-state index contributed by atoms with van der Waals surface area (Å²) in [6.07, 6.45) is 0.954. The normalized spacial score (nSPS) is 12.7. The number of rotatable bonds is 4. The molecule has 3 heteroatoms. The first kappa shape index (κ1) is 27.3. The molecule has 7 aromatic rings. The third-order valence-corrected chi connectivity index (χ3v) is 9.53. The number of aryl methyl sites for hydroxylation is 1. The number of benzene rings is 6. The lowest BCUT2D eigenvalue weighted by atomic mass is 9.91. The Hall–Kier alpha value is -6.06. The molecule has 0 saturated heterocycles. The lowest BCUT2D eigenvalue weighted by molar-refractivity contribution is 1.13. The van der Waals surface area contributed by atoms with Crippen LogP contribution in [0.25, 0.3) is 61.9 Å². The van der Waals surface area contributed by atoms with Crippen molar-refractivity contribution >= 4 is 17.1 Å². The van der Waals surface area contributed by atoms with Crippen LogP contribution in [-0.2, 0) is 6.42 Å². The molecule has 2 heterocycles. The highest BCUT2D eigenvalue weighted by molar-refractivity contribution is 6.06. The summed E-state index contributed by atoms with van der Waals surface area (Å²) in [5.74, 6) is 0.711. The standard InChI is InChI=1S/C44H31N3/c1-28-13-6-11-22-40(28)47-29(2)36-19-9-10-21-38(36)42-43(47)41(34-18-12-17-31(25-34)30-14-4-3-5-15-30)45-44(46-42)35-24-23-33-26-32-16-7-8-20-37(32)39(33)27-35/h3-25,27H,2,26H2,1H3. The van der Waals surface area contributed by atoms with Gasteiger partial charge in [-0.15, -0.1) is 0 Å². The van der Waals surface area contributed by atoms with Gasteiger partial charge in [0.1, 0.15) is 0 Å². The molecule has 1 aliphatic heterocycles. The molecule has 2 aliphatic rings. The summed E-state index contributed by atoms with van der Waals surface area (Å²) in [6, 6.07) is 51.6. The maximum atomic E-state index is 5.46. The molecule has 1 aliphatic carbocycles. The number of hydrogen-bond donors (Lipinski definition) is 0. The molecule has 0 unspecified atom stereocenters. The highest BCUT2D eigenvalue weighted by atomic mass is 15.2. The Bertz CT molecular complexity index is 2370. The second-order valence-corrected chi connectivity index (χ2v) is 12.4. The molecular formula is C44H31N3. The lowest BCUT2D eigenvalue weighted by Crippen LogP contribution is -2.23. The van der Waals surface area contributed by atoms with E-state index in [-0.39, 0.29) is 0 Å². The molecule has 0 N–H and O–H groups in total. The Morgan fingerprint density at radius 3 is 2.02 bits per heavy atom. The number of nitrogens with zero attached hydrogens (tertiary/aromatic N) is 3. The van der Waals surface area contributed by atoms with Crippen LogP contribution in [0.1, 0.15) is 22.3 Å². The van der Waals surface area contributed by atoms with Crippen molar-refractivity contribution in [1.82, 2.24) is 9.97 Å². The fraction of sp³-hybridized carbons (Fsp3) is 0.0455. The van der Waals surface area contributed by atoms with E-state index in [9.17, 15) is 0 Å². The van der Waals surface area contributed by atoms with Crippen molar-refractivity contribution in [2.24, 2.45) is 0 Å². The van der Waals surface area contributed by atoms with Gasteiger partial charge in [0.25, 0.3) is 0 Å². The van der Waals surface area contributed by atoms with Gasteiger partial charge in [-0.2, -0.15) is 0 Å². The molecule has 0 fully saturated rings. The largest absolute Gasteiger partial charge is 0.306 e. The molecule has 6 aromatic carbocycles. The van der Waals surface area contributed by atoms with Crippen LogP contribution in [0.5, 0.6) is 0 Å². The van der Waals surface area contributed by atoms with Crippen molar-refractivity contribution in [3.8, 4) is 56.2 Å². The quantitative estimate of drug-likeness (QED) is 0.201. The van der Waals surface area contributed by atoms with Crippen molar-refractivity contribution in [1.29, 1.82) is 0 Å². The van der Waals surface area contributed by atoms with E-state index in [1.54, 1.807) is 0 Å². The molecule has 0 radical (unpaired) electrons. The Morgan fingerprint density at radius 2 is 1.17 bits per heavy atom. The zero-order valence-corrected chi connectivity index (χ0v) is 26.1. The maximum absolute atomic E-state index is 5.46. The third-order valence-electron chi connectivity index (χ3n) is 9.53. The Balaban J connectivity index is 1.34. The molecule has 0 spiro atoms. The average molecular weight is 602 g/mol. The first-order valence-electron chi connectivity index (χ1n) is 16.1.